The fraction of sp³-hybridized carbons (Fsp3) is 0.154. The largest absolute Gasteiger partial charge is 0.381 e. The number of hydrogen-bond donors (Lipinski definition) is 2. The lowest BCUT2D eigenvalue weighted by atomic mass is 10.2. The lowest BCUT2D eigenvalue weighted by molar-refractivity contribution is 0.0950. The molecule has 0 aliphatic carbocycles. The molecule has 0 aliphatic heterocycles. The van der Waals surface area contributed by atoms with E-state index in [-0.39, 0.29) is 11.4 Å². The van der Waals surface area contributed by atoms with Gasteiger partial charge in [-0.1, -0.05) is 0 Å². The number of nitrogens with one attached hydrogen (secondary N) is 1. The number of pyridine rings is 2. The van der Waals surface area contributed by atoms with Crippen molar-refractivity contribution in [3.05, 3.63) is 53.7 Å². The zero-order chi connectivity index (χ0) is 13.7. The molecule has 0 spiro atoms. The number of carbonyl (C=O) groups excluding carboxylic acids is 1. The maximum atomic E-state index is 13.5. The maximum Gasteiger partial charge on any atom is 0.254 e. The monoisotopic (exact) mass is 260 g/mol. The van der Waals surface area contributed by atoms with E-state index < -0.39 is 11.7 Å². The van der Waals surface area contributed by atoms with Crippen molar-refractivity contribution < 1.29 is 9.18 Å². The van der Waals surface area contributed by atoms with Gasteiger partial charge in [-0.15, -0.1) is 0 Å². The van der Waals surface area contributed by atoms with Crippen LogP contribution in [0.4, 0.5) is 10.2 Å². The molecule has 0 saturated carbocycles. The lowest BCUT2D eigenvalue weighted by Crippen LogP contribution is -2.27. The molecule has 0 bridgehead atoms. The second-order valence-electron chi connectivity index (χ2n) is 3.92. The summed E-state index contributed by atoms with van der Waals surface area (Å²) in [6, 6.07) is 5.02. The second kappa shape index (κ2) is 5.90. The van der Waals surface area contributed by atoms with Gasteiger partial charge in [-0.25, -0.2) is 9.37 Å². The van der Waals surface area contributed by atoms with Crippen molar-refractivity contribution in [2.75, 3.05) is 12.3 Å². The van der Waals surface area contributed by atoms with Gasteiger partial charge in [0, 0.05) is 25.1 Å². The van der Waals surface area contributed by atoms with Crippen LogP contribution in [0.1, 0.15) is 15.9 Å². The van der Waals surface area contributed by atoms with Crippen LogP contribution in [-0.2, 0) is 6.42 Å². The standard InChI is InChI=1S/C13H13FN4O/c14-11-10(4-8-17-12(11)15)13(19)18-7-3-9-1-5-16-6-2-9/h1-2,4-6,8H,3,7H2,(H2,15,17)(H,18,19). The van der Waals surface area contributed by atoms with Crippen molar-refractivity contribution in [3.63, 3.8) is 0 Å². The van der Waals surface area contributed by atoms with E-state index in [0.717, 1.165) is 5.56 Å². The molecule has 2 aromatic heterocycles. The van der Waals surface area contributed by atoms with Crippen LogP contribution < -0.4 is 11.1 Å². The molecule has 0 atom stereocenters. The number of amides is 1. The molecule has 3 N–H and O–H groups in total. The Balaban J connectivity index is 1.93. The fourth-order valence-corrected chi connectivity index (χ4v) is 1.60. The third-order valence-electron chi connectivity index (χ3n) is 2.61. The third-order valence-corrected chi connectivity index (χ3v) is 2.61. The fourth-order valence-electron chi connectivity index (χ4n) is 1.60. The summed E-state index contributed by atoms with van der Waals surface area (Å²) in [5, 5.41) is 2.63. The van der Waals surface area contributed by atoms with Gasteiger partial charge in [-0.3, -0.25) is 9.78 Å². The Hall–Kier alpha value is -2.50. The molecule has 5 nitrogen and oxygen atoms in total. The van der Waals surface area contributed by atoms with Gasteiger partial charge >= 0.3 is 0 Å². The van der Waals surface area contributed by atoms with E-state index in [4.69, 9.17) is 5.73 Å². The van der Waals surface area contributed by atoms with E-state index in [1.54, 1.807) is 12.4 Å². The molecule has 19 heavy (non-hydrogen) atoms. The van der Waals surface area contributed by atoms with Crippen LogP contribution in [0.15, 0.2) is 36.8 Å². The minimum absolute atomic E-state index is 0.0952. The highest BCUT2D eigenvalue weighted by Crippen LogP contribution is 2.11. The van der Waals surface area contributed by atoms with Crippen molar-refractivity contribution >= 4 is 11.7 Å². The van der Waals surface area contributed by atoms with Gasteiger partial charge < -0.3 is 11.1 Å². The molecule has 0 fully saturated rings. The number of nitrogens with zero attached hydrogens (tertiary/aromatic N) is 2. The number of nitrogen functional groups attached to an aromatic ring is 1. The van der Waals surface area contributed by atoms with Crippen LogP contribution >= 0.6 is 0 Å². The molecular weight excluding hydrogens is 247 g/mol. The molecule has 1 amide bonds. The molecule has 2 rings (SSSR count). The summed E-state index contributed by atoms with van der Waals surface area (Å²) in [4.78, 5) is 19.2. The topological polar surface area (TPSA) is 80.9 Å². The van der Waals surface area contributed by atoms with Crippen molar-refractivity contribution in [1.82, 2.24) is 15.3 Å². The number of halogens is 1. The van der Waals surface area contributed by atoms with Crippen molar-refractivity contribution in [2.24, 2.45) is 0 Å². The molecule has 0 saturated heterocycles. The van der Waals surface area contributed by atoms with Gasteiger partial charge in [0.1, 0.15) is 0 Å². The first-order valence-corrected chi connectivity index (χ1v) is 5.75. The highest BCUT2D eigenvalue weighted by atomic mass is 19.1. The van der Waals surface area contributed by atoms with Gasteiger partial charge in [-0.05, 0) is 30.2 Å². The van der Waals surface area contributed by atoms with E-state index in [1.807, 2.05) is 12.1 Å². The van der Waals surface area contributed by atoms with Crippen LogP contribution in [-0.4, -0.2) is 22.4 Å². The number of anilines is 1. The first kappa shape index (κ1) is 12.9. The Morgan fingerprint density at radius 2 is 2.00 bits per heavy atom. The summed E-state index contributed by atoms with van der Waals surface area (Å²) in [5.74, 6) is -1.56. The Morgan fingerprint density at radius 3 is 2.74 bits per heavy atom. The predicted octanol–water partition coefficient (Wildman–Crippen LogP) is 1.17. The van der Waals surface area contributed by atoms with Crippen LogP contribution in [0.25, 0.3) is 0 Å². The first-order chi connectivity index (χ1) is 9.18. The SMILES string of the molecule is Nc1nccc(C(=O)NCCc2ccncc2)c1F. The summed E-state index contributed by atoms with van der Waals surface area (Å²) in [5.41, 5.74) is 6.26. The predicted molar refractivity (Wildman–Crippen MR) is 68.9 cm³/mol. The van der Waals surface area contributed by atoms with Crippen LogP contribution in [0, 0.1) is 5.82 Å². The van der Waals surface area contributed by atoms with E-state index in [2.05, 4.69) is 15.3 Å². The summed E-state index contributed by atoms with van der Waals surface area (Å²) in [6.45, 7) is 0.407. The van der Waals surface area contributed by atoms with Crippen molar-refractivity contribution in [2.45, 2.75) is 6.42 Å². The van der Waals surface area contributed by atoms with Crippen molar-refractivity contribution in [1.29, 1.82) is 0 Å². The Bertz CT molecular complexity index is 574. The maximum absolute atomic E-state index is 13.5. The molecule has 6 heteroatoms. The van der Waals surface area contributed by atoms with E-state index in [0.29, 0.717) is 13.0 Å². The summed E-state index contributed by atoms with van der Waals surface area (Å²) < 4.78 is 13.5. The van der Waals surface area contributed by atoms with E-state index >= 15 is 0 Å². The molecule has 98 valence electrons. The Kier molecular flexibility index (Phi) is 4.02. The summed E-state index contributed by atoms with van der Waals surface area (Å²) >= 11 is 0. The average Bonchev–Trinajstić information content (AvgIpc) is 2.43. The van der Waals surface area contributed by atoms with Gasteiger partial charge in [0.15, 0.2) is 11.6 Å². The zero-order valence-corrected chi connectivity index (χ0v) is 10.1. The van der Waals surface area contributed by atoms with Crippen LogP contribution in [0.2, 0.25) is 0 Å². The number of aromatic nitrogens is 2. The Morgan fingerprint density at radius 1 is 1.26 bits per heavy atom. The first-order valence-electron chi connectivity index (χ1n) is 5.75. The van der Waals surface area contributed by atoms with E-state index in [9.17, 15) is 9.18 Å². The lowest BCUT2D eigenvalue weighted by Gasteiger charge is -2.06. The molecular formula is C13H13FN4O. The molecule has 0 aliphatic rings. The molecule has 0 radical (unpaired) electrons. The third kappa shape index (κ3) is 3.25. The highest BCUT2D eigenvalue weighted by molar-refractivity contribution is 5.95. The van der Waals surface area contributed by atoms with Gasteiger partial charge in [0.2, 0.25) is 0 Å². The average molecular weight is 260 g/mol. The van der Waals surface area contributed by atoms with Crippen molar-refractivity contribution in [3.8, 4) is 0 Å². The summed E-state index contributed by atoms with van der Waals surface area (Å²) in [6.07, 6.45) is 5.31. The van der Waals surface area contributed by atoms with Crippen LogP contribution in [0.5, 0.6) is 0 Å². The minimum Gasteiger partial charge on any atom is -0.381 e. The molecule has 2 aromatic rings. The van der Waals surface area contributed by atoms with Crippen LogP contribution in [0.3, 0.4) is 0 Å². The van der Waals surface area contributed by atoms with Gasteiger partial charge in [0.05, 0.1) is 5.56 Å². The smallest absolute Gasteiger partial charge is 0.254 e. The molecule has 0 aromatic carbocycles. The number of hydrogen-bond acceptors (Lipinski definition) is 4. The zero-order valence-electron chi connectivity index (χ0n) is 10.1. The Labute approximate surface area is 109 Å². The summed E-state index contributed by atoms with van der Waals surface area (Å²) in [7, 11) is 0. The second-order valence-corrected chi connectivity index (χ2v) is 3.92. The minimum atomic E-state index is -0.788. The molecule has 0 unspecified atom stereocenters. The molecule has 2 heterocycles. The quantitative estimate of drug-likeness (QED) is 0.864. The van der Waals surface area contributed by atoms with E-state index in [1.165, 1.54) is 12.3 Å². The number of carbonyl (C=O) groups is 1. The van der Waals surface area contributed by atoms with Gasteiger partial charge in [-0.2, -0.15) is 0 Å². The normalized spacial score (nSPS) is 10.2. The highest BCUT2D eigenvalue weighted by Gasteiger charge is 2.13. The number of nitrogens with two attached hydrogens (primary N) is 1. The number of rotatable bonds is 4. The van der Waals surface area contributed by atoms with Gasteiger partial charge in [0.25, 0.3) is 5.91 Å².